The van der Waals surface area contributed by atoms with Gasteiger partial charge in [-0.25, -0.2) is 4.68 Å². The Labute approximate surface area is 144 Å². The van der Waals surface area contributed by atoms with Crippen molar-refractivity contribution >= 4 is 35.6 Å². The summed E-state index contributed by atoms with van der Waals surface area (Å²) in [5.41, 5.74) is 1.70. The second-order valence-corrected chi connectivity index (χ2v) is 4.91. The smallest absolute Gasteiger partial charge is 0.183 e. The number of hydrogen-bond donors (Lipinski definition) is 0. The van der Waals surface area contributed by atoms with Crippen molar-refractivity contribution in [3.8, 4) is 11.4 Å². The van der Waals surface area contributed by atoms with Crippen LogP contribution in [-0.2, 0) is 6.54 Å². The van der Waals surface area contributed by atoms with Crippen molar-refractivity contribution in [2.75, 3.05) is 0 Å². The molecule has 0 aliphatic carbocycles. The average Bonchev–Trinajstić information content (AvgIpc) is 2.91. The van der Waals surface area contributed by atoms with E-state index in [0.717, 1.165) is 5.56 Å². The van der Waals surface area contributed by atoms with Crippen LogP contribution in [0.3, 0.4) is 0 Å². The van der Waals surface area contributed by atoms with E-state index in [4.69, 9.17) is 23.2 Å². The molecule has 0 spiro atoms. The number of halogens is 3. The van der Waals surface area contributed by atoms with Gasteiger partial charge in [0.15, 0.2) is 5.82 Å². The van der Waals surface area contributed by atoms with Crippen molar-refractivity contribution in [1.29, 1.82) is 0 Å². The van der Waals surface area contributed by atoms with Gasteiger partial charge in [-0.05, 0) is 34.2 Å². The Morgan fingerprint density at radius 3 is 2.64 bits per heavy atom. The molecule has 2 aromatic heterocycles. The highest BCUT2D eigenvalue weighted by Crippen LogP contribution is 2.32. The van der Waals surface area contributed by atoms with Gasteiger partial charge in [0.05, 0.1) is 16.6 Å². The van der Waals surface area contributed by atoms with Gasteiger partial charge in [-0.2, -0.15) is 0 Å². The number of tetrazole rings is 1. The van der Waals surface area contributed by atoms with Gasteiger partial charge in [-0.3, -0.25) is 4.98 Å². The van der Waals surface area contributed by atoms with E-state index in [2.05, 4.69) is 20.5 Å². The molecule has 0 unspecified atom stereocenters. The fourth-order valence-electron chi connectivity index (χ4n) is 1.85. The zero-order valence-corrected chi connectivity index (χ0v) is 13.0. The monoisotopic (exact) mass is 357 g/mol. The third kappa shape index (κ3) is 3.74. The number of rotatable bonds is 3. The molecule has 0 bridgehead atoms. The van der Waals surface area contributed by atoms with Crippen molar-refractivity contribution in [2.24, 2.45) is 0 Å². The number of benzene rings is 1. The van der Waals surface area contributed by atoms with Crippen LogP contribution in [0.4, 0.5) is 0 Å². The maximum absolute atomic E-state index is 6.21. The van der Waals surface area contributed by atoms with Crippen LogP contribution >= 0.6 is 35.6 Å². The van der Waals surface area contributed by atoms with Crippen LogP contribution < -0.4 is 0 Å². The number of hydrogen-bond acceptors (Lipinski definition) is 4. The summed E-state index contributed by atoms with van der Waals surface area (Å²) >= 11 is 12.2. The first kappa shape index (κ1) is 18.4. The fraction of sp³-hybridized carbons (Fsp3) is 0.143. The van der Waals surface area contributed by atoms with Gasteiger partial charge in [0.1, 0.15) is 0 Å². The lowest BCUT2D eigenvalue weighted by Gasteiger charge is -2.06. The van der Waals surface area contributed by atoms with E-state index in [9.17, 15) is 0 Å². The molecule has 3 rings (SSSR count). The zero-order chi connectivity index (χ0) is 13.9. The van der Waals surface area contributed by atoms with E-state index in [1.807, 2.05) is 24.3 Å². The SMILES string of the molecule is C.Cl.Clc1cccc(-c2nnnn2Cc2cccnc2)c1Cl. The molecule has 0 N–H and O–H groups in total. The Bertz CT molecular complexity index is 730. The molecule has 1 aromatic carbocycles. The van der Waals surface area contributed by atoms with Crippen molar-refractivity contribution in [3.63, 3.8) is 0 Å². The van der Waals surface area contributed by atoms with Gasteiger partial charge in [-0.1, -0.05) is 42.8 Å². The molecule has 0 saturated heterocycles. The highest BCUT2D eigenvalue weighted by molar-refractivity contribution is 6.43. The number of nitrogens with zero attached hydrogens (tertiary/aromatic N) is 5. The molecule has 22 heavy (non-hydrogen) atoms. The first-order chi connectivity index (χ1) is 9.75. The lowest BCUT2D eigenvalue weighted by atomic mass is 10.2. The molecule has 5 nitrogen and oxygen atoms in total. The molecule has 3 aromatic rings. The predicted molar refractivity (Wildman–Crippen MR) is 90.6 cm³/mol. The Hall–Kier alpha value is -1.69. The molecule has 116 valence electrons. The molecule has 0 aliphatic heterocycles. The molecule has 0 atom stereocenters. The molecule has 2 heterocycles. The summed E-state index contributed by atoms with van der Waals surface area (Å²) in [5, 5.41) is 12.6. The van der Waals surface area contributed by atoms with E-state index < -0.39 is 0 Å². The van der Waals surface area contributed by atoms with Crippen LogP contribution in [0.2, 0.25) is 10.0 Å². The third-order valence-corrected chi connectivity index (χ3v) is 3.60. The maximum atomic E-state index is 6.21. The molecule has 0 aliphatic rings. The van der Waals surface area contributed by atoms with Crippen LogP contribution in [0, 0.1) is 0 Å². The highest BCUT2D eigenvalue weighted by Gasteiger charge is 2.14. The maximum Gasteiger partial charge on any atom is 0.183 e. The summed E-state index contributed by atoms with van der Waals surface area (Å²) in [5.74, 6) is 0.571. The molecule has 0 amide bonds. The quantitative estimate of drug-likeness (QED) is 0.706. The normalized spacial score (nSPS) is 9.73. The van der Waals surface area contributed by atoms with Crippen LogP contribution in [0.15, 0.2) is 42.7 Å². The van der Waals surface area contributed by atoms with Gasteiger partial charge < -0.3 is 0 Å². The van der Waals surface area contributed by atoms with E-state index in [0.29, 0.717) is 28.0 Å². The Morgan fingerprint density at radius 2 is 1.91 bits per heavy atom. The first-order valence-electron chi connectivity index (χ1n) is 5.85. The molecule has 8 heteroatoms. The van der Waals surface area contributed by atoms with E-state index >= 15 is 0 Å². The number of aromatic nitrogens is 5. The minimum absolute atomic E-state index is 0. The number of pyridine rings is 1. The molecule has 0 saturated carbocycles. The van der Waals surface area contributed by atoms with Crippen molar-refractivity contribution in [2.45, 2.75) is 14.0 Å². The highest BCUT2D eigenvalue weighted by atomic mass is 35.5. The minimum atomic E-state index is 0. The molecule has 0 fully saturated rings. The molecular weight excluding hydrogens is 345 g/mol. The van der Waals surface area contributed by atoms with Gasteiger partial charge in [-0.15, -0.1) is 17.5 Å². The van der Waals surface area contributed by atoms with Gasteiger partial charge in [0, 0.05) is 18.0 Å². The summed E-state index contributed by atoms with van der Waals surface area (Å²) in [7, 11) is 0. The van der Waals surface area contributed by atoms with Crippen molar-refractivity contribution in [1.82, 2.24) is 25.2 Å². The average molecular weight is 359 g/mol. The van der Waals surface area contributed by atoms with Crippen LogP contribution in [-0.4, -0.2) is 25.2 Å². The van der Waals surface area contributed by atoms with Gasteiger partial charge >= 0.3 is 0 Å². The van der Waals surface area contributed by atoms with E-state index in [1.165, 1.54) is 0 Å². The summed E-state index contributed by atoms with van der Waals surface area (Å²) in [6.07, 6.45) is 3.49. The van der Waals surface area contributed by atoms with Crippen LogP contribution in [0.1, 0.15) is 13.0 Å². The lowest BCUT2D eigenvalue weighted by molar-refractivity contribution is 0.652. The zero-order valence-electron chi connectivity index (χ0n) is 10.6. The van der Waals surface area contributed by atoms with E-state index in [-0.39, 0.29) is 19.8 Å². The second-order valence-electron chi connectivity index (χ2n) is 4.12. The molecule has 0 radical (unpaired) electrons. The fourth-order valence-corrected chi connectivity index (χ4v) is 2.23. The summed E-state index contributed by atoms with van der Waals surface area (Å²) < 4.78 is 1.66. The van der Waals surface area contributed by atoms with Gasteiger partial charge in [0.2, 0.25) is 0 Å². The standard InChI is InChI=1S/C13H9Cl2N5.CH4.ClH/c14-11-5-1-4-10(12(11)15)13-17-18-19-20(13)8-9-3-2-6-16-7-9;;/h1-7H,8H2;1H4;1H. The minimum Gasteiger partial charge on any atom is -0.264 e. The van der Waals surface area contributed by atoms with Crippen LogP contribution in [0.25, 0.3) is 11.4 Å². The van der Waals surface area contributed by atoms with Crippen LogP contribution in [0.5, 0.6) is 0 Å². The Balaban J connectivity index is 0.00000121. The summed E-state index contributed by atoms with van der Waals surface area (Å²) in [6, 6.07) is 9.19. The Kier molecular flexibility index (Phi) is 6.74. The van der Waals surface area contributed by atoms with Gasteiger partial charge in [0.25, 0.3) is 0 Å². The topological polar surface area (TPSA) is 56.5 Å². The van der Waals surface area contributed by atoms with Crippen molar-refractivity contribution in [3.05, 3.63) is 58.3 Å². The van der Waals surface area contributed by atoms with E-state index in [1.54, 1.807) is 23.1 Å². The van der Waals surface area contributed by atoms with Crippen molar-refractivity contribution < 1.29 is 0 Å². The predicted octanol–water partition coefficient (Wildman–Crippen LogP) is 4.15. The largest absolute Gasteiger partial charge is 0.264 e. The molecular formula is C14H14Cl3N5. The first-order valence-corrected chi connectivity index (χ1v) is 6.61. The second kappa shape index (κ2) is 8.08. The summed E-state index contributed by atoms with van der Waals surface area (Å²) in [6.45, 7) is 0.513. The summed E-state index contributed by atoms with van der Waals surface area (Å²) in [4.78, 5) is 4.07. The Morgan fingerprint density at radius 1 is 1.09 bits per heavy atom. The third-order valence-electron chi connectivity index (χ3n) is 2.78. The lowest BCUT2D eigenvalue weighted by Crippen LogP contribution is -2.05.